The third kappa shape index (κ3) is 4.20. The lowest BCUT2D eigenvalue weighted by Crippen LogP contribution is -1.89. The van der Waals surface area contributed by atoms with Crippen molar-refractivity contribution in [1.29, 1.82) is 0 Å². The summed E-state index contributed by atoms with van der Waals surface area (Å²) in [5, 5.41) is 9.18. The summed E-state index contributed by atoms with van der Waals surface area (Å²) in [5.41, 5.74) is 0. The van der Waals surface area contributed by atoms with E-state index in [2.05, 4.69) is 0 Å². The van der Waals surface area contributed by atoms with Gasteiger partial charge in [0, 0.05) is 24.4 Å². The fraction of sp³-hybridized carbons (Fsp3) is 0.400. The van der Waals surface area contributed by atoms with Crippen LogP contribution >= 0.6 is 11.8 Å². The molecule has 0 amide bonds. The second-order valence-corrected chi connectivity index (χ2v) is 3.86. The fourth-order valence-electron chi connectivity index (χ4n) is 0.967. The predicted molar refractivity (Wildman–Crippen MR) is 55.3 cm³/mol. The molecule has 0 aliphatic heterocycles. The van der Waals surface area contributed by atoms with Crippen LogP contribution in [0.3, 0.4) is 0 Å². The minimum absolute atomic E-state index is 0.330. The van der Waals surface area contributed by atoms with Gasteiger partial charge in [0.15, 0.2) is 0 Å². The first kappa shape index (κ1) is 10.4. The molecule has 0 fully saturated rings. The average Bonchev–Trinajstić information content (AvgIpc) is 2.13. The molecule has 0 unspecified atom stereocenters. The Morgan fingerprint density at radius 2 is 2.31 bits per heavy atom. The van der Waals surface area contributed by atoms with Crippen molar-refractivity contribution >= 4 is 11.8 Å². The number of methoxy groups -OCH3 is 1. The third-order valence-electron chi connectivity index (χ3n) is 1.58. The van der Waals surface area contributed by atoms with Crippen molar-refractivity contribution in [2.45, 2.75) is 11.3 Å². The summed E-state index contributed by atoms with van der Waals surface area (Å²) in [7, 11) is 1.71. The number of aromatic hydroxyl groups is 1. The Morgan fingerprint density at radius 1 is 1.46 bits per heavy atom. The lowest BCUT2D eigenvalue weighted by molar-refractivity contribution is 0.200. The predicted octanol–water partition coefficient (Wildman–Crippen LogP) is 2.52. The van der Waals surface area contributed by atoms with E-state index in [0.717, 1.165) is 23.7 Å². The molecule has 0 saturated carbocycles. The van der Waals surface area contributed by atoms with Crippen LogP contribution < -0.4 is 0 Å². The smallest absolute Gasteiger partial charge is 0.116 e. The Hall–Kier alpha value is -0.670. The van der Waals surface area contributed by atoms with Gasteiger partial charge in [-0.3, -0.25) is 0 Å². The Bertz CT molecular complexity index is 250. The number of thioether (sulfide) groups is 1. The zero-order chi connectivity index (χ0) is 9.52. The molecule has 1 aromatic rings. The van der Waals surface area contributed by atoms with Gasteiger partial charge in [-0.2, -0.15) is 0 Å². The van der Waals surface area contributed by atoms with Gasteiger partial charge in [0.25, 0.3) is 0 Å². The minimum atomic E-state index is 0.330. The quantitative estimate of drug-likeness (QED) is 0.582. The topological polar surface area (TPSA) is 29.5 Å². The van der Waals surface area contributed by atoms with Crippen LogP contribution in [0.5, 0.6) is 5.75 Å². The minimum Gasteiger partial charge on any atom is -0.508 e. The van der Waals surface area contributed by atoms with E-state index in [-0.39, 0.29) is 0 Å². The van der Waals surface area contributed by atoms with Crippen LogP contribution in [0.15, 0.2) is 29.2 Å². The lowest BCUT2D eigenvalue weighted by atomic mass is 10.3. The number of rotatable bonds is 5. The molecule has 1 N–H and O–H groups in total. The van der Waals surface area contributed by atoms with Gasteiger partial charge in [0.05, 0.1) is 0 Å². The molecular formula is C10H14O2S. The summed E-state index contributed by atoms with van der Waals surface area (Å²) in [5.74, 6) is 1.36. The molecule has 72 valence electrons. The second kappa shape index (κ2) is 5.89. The average molecular weight is 198 g/mol. The van der Waals surface area contributed by atoms with Gasteiger partial charge in [-0.25, -0.2) is 0 Å². The molecule has 0 radical (unpaired) electrons. The zero-order valence-electron chi connectivity index (χ0n) is 7.69. The highest BCUT2D eigenvalue weighted by Gasteiger charge is 1.94. The van der Waals surface area contributed by atoms with Crippen molar-refractivity contribution < 1.29 is 9.84 Å². The summed E-state index contributed by atoms with van der Waals surface area (Å²) in [6.45, 7) is 0.797. The zero-order valence-corrected chi connectivity index (χ0v) is 8.51. The summed E-state index contributed by atoms with van der Waals surface area (Å²) >= 11 is 1.73. The molecule has 0 heterocycles. The van der Waals surface area contributed by atoms with Crippen molar-refractivity contribution in [2.75, 3.05) is 19.5 Å². The van der Waals surface area contributed by atoms with Gasteiger partial charge in [-0.15, -0.1) is 11.8 Å². The Kier molecular flexibility index (Phi) is 4.72. The number of phenols is 1. The number of phenolic OH excluding ortho intramolecular Hbond substituents is 1. The van der Waals surface area contributed by atoms with Crippen LogP contribution in [0, 0.1) is 0 Å². The molecule has 1 rings (SSSR count). The molecule has 0 spiro atoms. The molecule has 2 nitrogen and oxygen atoms in total. The van der Waals surface area contributed by atoms with Gasteiger partial charge >= 0.3 is 0 Å². The SMILES string of the molecule is COCCCSc1cccc(O)c1. The Labute approximate surface area is 82.9 Å². The number of benzene rings is 1. The number of ether oxygens (including phenoxy) is 1. The van der Waals surface area contributed by atoms with Crippen molar-refractivity contribution in [3.63, 3.8) is 0 Å². The van der Waals surface area contributed by atoms with Crippen LogP contribution in [0.1, 0.15) is 6.42 Å². The van der Waals surface area contributed by atoms with Gasteiger partial charge in [0.2, 0.25) is 0 Å². The summed E-state index contributed by atoms with van der Waals surface area (Å²) < 4.78 is 4.94. The van der Waals surface area contributed by atoms with Gasteiger partial charge in [-0.1, -0.05) is 6.07 Å². The monoisotopic (exact) mass is 198 g/mol. The molecule has 0 bridgehead atoms. The summed E-state index contributed by atoms with van der Waals surface area (Å²) in [6, 6.07) is 7.31. The van der Waals surface area contributed by atoms with E-state index in [1.807, 2.05) is 12.1 Å². The maximum atomic E-state index is 9.18. The molecule has 0 aromatic heterocycles. The van der Waals surface area contributed by atoms with E-state index in [1.165, 1.54) is 0 Å². The molecule has 13 heavy (non-hydrogen) atoms. The van der Waals surface area contributed by atoms with E-state index < -0.39 is 0 Å². The van der Waals surface area contributed by atoms with Crippen LogP contribution in [0.25, 0.3) is 0 Å². The molecule has 0 saturated heterocycles. The Morgan fingerprint density at radius 3 is 3.00 bits per heavy atom. The first-order valence-electron chi connectivity index (χ1n) is 4.23. The van der Waals surface area contributed by atoms with Crippen LogP contribution in [-0.4, -0.2) is 24.6 Å². The fourth-order valence-corrected chi connectivity index (χ4v) is 1.84. The molecule has 0 aliphatic carbocycles. The van der Waals surface area contributed by atoms with Crippen molar-refractivity contribution in [2.24, 2.45) is 0 Å². The number of hydrogen-bond acceptors (Lipinski definition) is 3. The maximum absolute atomic E-state index is 9.18. The highest BCUT2D eigenvalue weighted by atomic mass is 32.2. The van der Waals surface area contributed by atoms with E-state index in [4.69, 9.17) is 4.74 Å². The first-order chi connectivity index (χ1) is 6.33. The van der Waals surface area contributed by atoms with Crippen molar-refractivity contribution in [3.8, 4) is 5.75 Å². The second-order valence-electron chi connectivity index (χ2n) is 2.69. The molecular weight excluding hydrogens is 184 g/mol. The molecule has 0 aliphatic rings. The van der Waals surface area contributed by atoms with E-state index in [9.17, 15) is 5.11 Å². The van der Waals surface area contributed by atoms with Crippen molar-refractivity contribution in [1.82, 2.24) is 0 Å². The van der Waals surface area contributed by atoms with Gasteiger partial charge in [0.1, 0.15) is 5.75 Å². The van der Waals surface area contributed by atoms with Crippen molar-refractivity contribution in [3.05, 3.63) is 24.3 Å². The summed E-state index contributed by atoms with van der Waals surface area (Å²) in [6.07, 6.45) is 1.04. The van der Waals surface area contributed by atoms with E-state index >= 15 is 0 Å². The molecule has 3 heteroatoms. The molecule has 1 aromatic carbocycles. The van der Waals surface area contributed by atoms with Crippen LogP contribution in [0.4, 0.5) is 0 Å². The van der Waals surface area contributed by atoms with Gasteiger partial charge in [-0.05, 0) is 24.6 Å². The normalized spacial score (nSPS) is 10.2. The Balaban J connectivity index is 2.28. The van der Waals surface area contributed by atoms with Gasteiger partial charge < -0.3 is 9.84 Å². The number of hydrogen-bond donors (Lipinski definition) is 1. The van der Waals surface area contributed by atoms with E-state index in [1.54, 1.807) is 31.0 Å². The first-order valence-corrected chi connectivity index (χ1v) is 5.22. The van der Waals surface area contributed by atoms with E-state index in [0.29, 0.717) is 5.75 Å². The molecule has 0 atom stereocenters. The third-order valence-corrected chi connectivity index (χ3v) is 2.66. The standard InChI is InChI=1S/C10H14O2S/c1-12-6-3-7-13-10-5-2-4-9(11)8-10/h2,4-5,8,11H,3,6-7H2,1H3. The van der Waals surface area contributed by atoms with Crippen LogP contribution in [0.2, 0.25) is 0 Å². The largest absolute Gasteiger partial charge is 0.508 e. The highest BCUT2D eigenvalue weighted by molar-refractivity contribution is 7.99. The highest BCUT2D eigenvalue weighted by Crippen LogP contribution is 2.22. The lowest BCUT2D eigenvalue weighted by Gasteiger charge is -2.01. The maximum Gasteiger partial charge on any atom is 0.116 e. The summed E-state index contributed by atoms with van der Waals surface area (Å²) in [4.78, 5) is 1.11. The van der Waals surface area contributed by atoms with Crippen LogP contribution in [-0.2, 0) is 4.74 Å².